The number of amides is 1. The van der Waals surface area contributed by atoms with E-state index in [1.165, 1.54) is 18.2 Å². The van der Waals surface area contributed by atoms with Gasteiger partial charge >= 0.3 is 5.97 Å². The van der Waals surface area contributed by atoms with Crippen molar-refractivity contribution in [1.29, 1.82) is 0 Å². The van der Waals surface area contributed by atoms with Gasteiger partial charge in [-0.05, 0) is 48.1 Å². The number of carbonyl (C=O) groups is 2. The molecule has 7 nitrogen and oxygen atoms in total. The maximum atomic E-state index is 13.0. The standard InChI is InChI=1S/C26H33N3O4/c1-32-12-11-27-25(30)24-15-22(28-16-18-7-9-19(10-8-18)26(31)33-2)17-29(24)23-13-20-5-3-4-6-21(20)14-23/h3-10,22-24,28H,11-17H2,1-2H3,(H,27,30)/t22-,24+/m1/s1. The van der Waals surface area contributed by atoms with Crippen molar-refractivity contribution in [3.8, 4) is 0 Å². The zero-order valence-corrected chi connectivity index (χ0v) is 19.4. The van der Waals surface area contributed by atoms with Gasteiger partial charge in [-0.1, -0.05) is 36.4 Å². The molecule has 0 radical (unpaired) electrons. The molecule has 2 aromatic carbocycles. The quantitative estimate of drug-likeness (QED) is 0.448. The SMILES string of the molecule is COCCNC(=O)[C@@H]1C[C@@H](NCc2ccc(C(=O)OC)cc2)CN1C1Cc2ccccc2C1. The van der Waals surface area contributed by atoms with Crippen LogP contribution < -0.4 is 10.6 Å². The molecule has 1 heterocycles. The van der Waals surface area contributed by atoms with Gasteiger partial charge in [-0.15, -0.1) is 0 Å². The predicted octanol–water partition coefficient (Wildman–Crippen LogP) is 1.94. The molecular weight excluding hydrogens is 418 g/mol. The zero-order chi connectivity index (χ0) is 23.2. The number of hydrogen-bond acceptors (Lipinski definition) is 6. The number of fused-ring (bicyclic) bond motifs is 1. The first kappa shape index (κ1) is 23.4. The molecule has 0 unspecified atom stereocenters. The second-order valence-electron chi connectivity index (χ2n) is 8.83. The molecule has 176 valence electrons. The first-order chi connectivity index (χ1) is 16.1. The van der Waals surface area contributed by atoms with Crippen molar-refractivity contribution >= 4 is 11.9 Å². The smallest absolute Gasteiger partial charge is 0.337 e. The number of nitrogens with zero attached hydrogens (tertiary/aromatic N) is 1. The molecule has 1 amide bonds. The van der Waals surface area contributed by atoms with E-state index in [9.17, 15) is 9.59 Å². The van der Waals surface area contributed by atoms with Crippen LogP contribution in [0, 0.1) is 0 Å². The molecule has 2 N–H and O–H groups in total. The van der Waals surface area contributed by atoms with Crippen LogP contribution in [0.1, 0.15) is 33.5 Å². The Kier molecular flexibility index (Phi) is 7.75. The highest BCUT2D eigenvalue weighted by molar-refractivity contribution is 5.89. The maximum absolute atomic E-state index is 13.0. The molecule has 2 aliphatic rings. The summed E-state index contributed by atoms with van der Waals surface area (Å²) in [6.45, 7) is 2.55. The van der Waals surface area contributed by atoms with Crippen molar-refractivity contribution in [2.24, 2.45) is 0 Å². The van der Waals surface area contributed by atoms with Crippen molar-refractivity contribution in [3.63, 3.8) is 0 Å². The highest BCUT2D eigenvalue weighted by Crippen LogP contribution is 2.31. The Labute approximate surface area is 195 Å². The van der Waals surface area contributed by atoms with E-state index in [1.807, 2.05) is 12.1 Å². The van der Waals surface area contributed by atoms with E-state index >= 15 is 0 Å². The Balaban J connectivity index is 1.40. The maximum Gasteiger partial charge on any atom is 0.337 e. The van der Waals surface area contributed by atoms with Crippen LogP contribution in [-0.4, -0.2) is 68.8 Å². The largest absolute Gasteiger partial charge is 0.465 e. The van der Waals surface area contributed by atoms with Gasteiger partial charge in [-0.25, -0.2) is 4.79 Å². The summed E-state index contributed by atoms with van der Waals surface area (Å²) in [7, 11) is 3.02. The van der Waals surface area contributed by atoms with Crippen LogP contribution in [0.2, 0.25) is 0 Å². The fourth-order valence-corrected chi connectivity index (χ4v) is 4.97. The fourth-order valence-electron chi connectivity index (χ4n) is 4.97. The van der Waals surface area contributed by atoms with Crippen LogP contribution in [0.15, 0.2) is 48.5 Å². The third kappa shape index (κ3) is 5.61. The lowest BCUT2D eigenvalue weighted by atomic mass is 10.1. The Bertz CT molecular complexity index is 937. The van der Waals surface area contributed by atoms with Crippen LogP contribution in [0.5, 0.6) is 0 Å². The fraction of sp³-hybridized carbons (Fsp3) is 0.462. The van der Waals surface area contributed by atoms with E-state index in [4.69, 9.17) is 9.47 Å². The van der Waals surface area contributed by atoms with E-state index < -0.39 is 0 Å². The summed E-state index contributed by atoms with van der Waals surface area (Å²) >= 11 is 0. The van der Waals surface area contributed by atoms with E-state index in [0.29, 0.717) is 31.3 Å². The molecule has 7 heteroatoms. The first-order valence-corrected chi connectivity index (χ1v) is 11.6. The van der Waals surface area contributed by atoms with Crippen molar-refractivity contribution in [1.82, 2.24) is 15.5 Å². The number of methoxy groups -OCH3 is 2. The molecule has 1 aliphatic heterocycles. The van der Waals surface area contributed by atoms with E-state index in [0.717, 1.165) is 31.4 Å². The summed E-state index contributed by atoms with van der Waals surface area (Å²) < 4.78 is 9.86. The van der Waals surface area contributed by atoms with Gasteiger partial charge < -0.3 is 20.1 Å². The predicted molar refractivity (Wildman–Crippen MR) is 126 cm³/mol. The van der Waals surface area contributed by atoms with E-state index in [2.05, 4.69) is 39.8 Å². The number of benzene rings is 2. The number of rotatable bonds is 9. The summed E-state index contributed by atoms with van der Waals surface area (Å²) in [4.78, 5) is 27.1. The van der Waals surface area contributed by atoms with Crippen molar-refractivity contribution < 1.29 is 19.1 Å². The van der Waals surface area contributed by atoms with Crippen LogP contribution in [0.4, 0.5) is 0 Å². The third-order valence-electron chi connectivity index (χ3n) is 6.72. The number of esters is 1. The molecule has 0 spiro atoms. The molecule has 1 aliphatic carbocycles. The molecule has 2 aromatic rings. The summed E-state index contributed by atoms with van der Waals surface area (Å²) in [5.41, 5.74) is 4.42. The molecule has 0 bridgehead atoms. The molecule has 33 heavy (non-hydrogen) atoms. The lowest BCUT2D eigenvalue weighted by Gasteiger charge is -2.29. The highest BCUT2D eigenvalue weighted by atomic mass is 16.5. The van der Waals surface area contributed by atoms with Crippen molar-refractivity contribution in [2.75, 3.05) is 33.9 Å². The summed E-state index contributed by atoms with van der Waals surface area (Å²) in [5.74, 6) is -0.254. The monoisotopic (exact) mass is 451 g/mol. The number of hydrogen-bond donors (Lipinski definition) is 2. The minimum absolute atomic E-state index is 0.0785. The number of likely N-dealkylation sites (tertiary alicyclic amines) is 1. The minimum atomic E-state index is -0.333. The normalized spacial score (nSPS) is 20.5. The van der Waals surface area contributed by atoms with E-state index in [-0.39, 0.29) is 24.0 Å². The molecule has 1 fully saturated rings. The van der Waals surface area contributed by atoms with Crippen LogP contribution in [0.25, 0.3) is 0 Å². The van der Waals surface area contributed by atoms with Gasteiger partial charge in [0.1, 0.15) is 0 Å². The van der Waals surface area contributed by atoms with Gasteiger partial charge in [-0.3, -0.25) is 9.69 Å². The Morgan fingerprint density at radius 3 is 2.36 bits per heavy atom. The van der Waals surface area contributed by atoms with Crippen LogP contribution >= 0.6 is 0 Å². The van der Waals surface area contributed by atoms with Gasteiger partial charge in [0.2, 0.25) is 5.91 Å². The van der Waals surface area contributed by atoms with Crippen molar-refractivity contribution in [2.45, 2.75) is 43.9 Å². The van der Waals surface area contributed by atoms with Gasteiger partial charge in [0.25, 0.3) is 0 Å². The number of ether oxygens (including phenoxy) is 2. The Hall–Kier alpha value is -2.74. The molecular formula is C26H33N3O4. The molecule has 1 saturated heterocycles. The Morgan fingerprint density at radius 2 is 1.73 bits per heavy atom. The molecule has 4 rings (SSSR count). The van der Waals surface area contributed by atoms with Crippen LogP contribution in [-0.2, 0) is 33.7 Å². The van der Waals surface area contributed by atoms with Gasteiger partial charge in [0, 0.05) is 38.8 Å². The lowest BCUT2D eigenvalue weighted by Crippen LogP contribution is -2.48. The minimum Gasteiger partial charge on any atom is -0.465 e. The highest BCUT2D eigenvalue weighted by Gasteiger charge is 2.41. The average Bonchev–Trinajstić information content (AvgIpc) is 3.47. The van der Waals surface area contributed by atoms with Crippen LogP contribution in [0.3, 0.4) is 0 Å². The summed E-state index contributed by atoms with van der Waals surface area (Å²) in [5, 5.41) is 6.66. The van der Waals surface area contributed by atoms with E-state index in [1.54, 1.807) is 19.2 Å². The summed E-state index contributed by atoms with van der Waals surface area (Å²) in [6.07, 6.45) is 2.74. The number of nitrogens with one attached hydrogen (secondary N) is 2. The van der Waals surface area contributed by atoms with Gasteiger partial charge in [-0.2, -0.15) is 0 Å². The second-order valence-corrected chi connectivity index (χ2v) is 8.83. The molecule has 0 saturated carbocycles. The second kappa shape index (κ2) is 10.9. The Morgan fingerprint density at radius 1 is 1.03 bits per heavy atom. The van der Waals surface area contributed by atoms with Crippen molar-refractivity contribution in [3.05, 3.63) is 70.8 Å². The zero-order valence-electron chi connectivity index (χ0n) is 19.4. The average molecular weight is 452 g/mol. The summed E-state index contributed by atoms with van der Waals surface area (Å²) in [6, 6.07) is 16.4. The molecule has 2 atom stereocenters. The molecule has 0 aromatic heterocycles. The number of carbonyl (C=O) groups excluding carboxylic acids is 2. The van der Waals surface area contributed by atoms with Gasteiger partial charge in [0.15, 0.2) is 0 Å². The first-order valence-electron chi connectivity index (χ1n) is 11.6. The van der Waals surface area contributed by atoms with Gasteiger partial charge in [0.05, 0.1) is 25.3 Å². The topological polar surface area (TPSA) is 79.9 Å². The third-order valence-corrected chi connectivity index (χ3v) is 6.72. The lowest BCUT2D eigenvalue weighted by molar-refractivity contribution is -0.126.